The van der Waals surface area contributed by atoms with Crippen LogP contribution in [0, 0.1) is 0 Å². The highest BCUT2D eigenvalue weighted by molar-refractivity contribution is 5.39. The lowest BCUT2D eigenvalue weighted by Gasteiger charge is -2.25. The molecular weight excluding hydrogens is 271 g/mol. The molecule has 0 atom stereocenters. The van der Waals surface area contributed by atoms with Crippen molar-refractivity contribution in [2.45, 2.75) is 31.5 Å². The van der Waals surface area contributed by atoms with Gasteiger partial charge in [0.05, 0.1) is 18.8 Å². The van der Waals surface area contributed by atoms with Crippen LogP contribution in [0.5, 0.6) is 5.75 Å². The fourth-order valence-electron chi connectivity index (χ4n) is 2.20. The van der Waals surface area contributed by atoms with Crippen LogP contribution in [-0.4, -0.2) is 25.9 Å². The molecule has 1 heterocycles. The fraction of sp³-hybridized carbons (Fsp3) is 0.571. The third-order valence-electron chi connectivity index (χ3n) is 3.24. The van der Waals surface area contributed by atoms with Gasteiger partial charge in [0, 0.05) is 12.8 Å². The molecule has 0 aromatic heterocycles. The molecule has 112 valence electrons. The molecule has 2 rings (SSSR count). The van der Waals surface area contributed by atoms with E-state index in [4.69, 9.17) is 15.2 Å². The molecule has 0 spiro atoms. The van der Waals surface area contributed by atoms with Crippen molar-refractivity contribution in [2.75, 3.05) is 19.8 Å². The first-order valence-electron chi connectivity index (χ1n) is 6.65. The van der Waals surface area contributed by atoms with E-state index in [1.54, 1.807) is 6.07 Å². The predicted octanol–water partition coefficient (Wildman–Crippen LogP) is 2.76. The Morgan fingerprint density at radius 2 is 1.95 bits per heavy atom. The van der Waals surface area contributed by atoms with Gasteiger partial charge in [0.15, 0.2) is 0 Å². The zero-order valence-corrected chi connectivity index (χ0v) is 11.1. The molecule has 3 nitrogen and oxygen atoms in total. The van der Waals surface area contributed by atoms with Crippen molar-refractivity contribution in [3.63, 3.8) is 0 Å². The second-order valence-electron chi connectivity index (χ2n) is 4.80. The van der Waals surface area contributed by atoms with Crippen LogP contribution in [0.4, 0.5) is 13.2 Å². The highest BCUT2D eigenvalue weighted by atomic mass is 19.4. The summed E-state index contributed by atoms with van der Waals surface area (Å²) >= 11 is 0. The SMILES string of the molecule is NCCc1ccc(OC2CCOCC2)c(C(F)(F)F)c1. The fourth-order valence-corrected chi connectivity index (χ4v) is 2.20. The predicted molar refractivity (Wildman–Crippen MR) is 68.7 cm³/mol. The van der Waals surface area contributed by atoms with Crippen molar-refractivity contribution in [1.82, 2.24) is 0 Å². The van der Waals surface area contributed by atoms with Crippen LogP contribution in [0.15, 0.2) is 18.2 Å². The average Bonchev–Trinajstić information content (AvgIpc) is 2.41. The third kappa shape index (κ3) is 3.86. The topological polar surface area (TPSA) is 44.5 Å². The Hall–Kier alpha value is -1.27. The Bertz CT molecular complexity index is 443. The summed E-state index contributed by atoms with van der Waals surface area (Å²) in [5.41, 5.74) is 5.22. The number of ether oxygens (including phenoxy) is 2. The van der Waals surface area contributed by atoms with Crippen LogP contribution in [0.25, 0.3) is 0 Å². The van der Waals surface area contributed by atoms with Crippen molar-refractivity contribution < 1.29 is 22.6 Å². The van der Waals surface area contributed by atoms with Crippen molar-refractivity contribution in [1.29, 1.82) is 0 Å². The van der Waals surface area contributed by atoms with Crippen LogP contribution >= 0.6 is 0 Å². The highest BCUT2D eigenvalue weighted by Gasteiger charge is 2.35. The van der Waals surface area contributed by atoms with E-state index < -0.39 is 11.7 Å². The minimum Gasteiger partial charge on any atom is -0.490 e. The molecule has 1 fully saturated rings. The summed E-state index contributed by atoms with van der Waals surface area (Å²) in [6, 6.07) is 4.15. The summed E-state index contributed by atoms with van der Waals surface area (Å²) in [5.74, 6) is -0.106. The Morgan fingerprint density at radius 1 is 1.25 bits per heavy atom. The van der Waals surface area contributed by atoms with Gasteiger partial charge in [0.1, 0.15) is 11.9 Å². The maximum absolute atomic E-state index is 13.1. The van der Waals surface area contributed by atoms with E-state index in [1.165, 1.54) is 6.07 Å². The van der Waals surface area contributed by atoms with Gasteiger partial charge in [-0.3, -0.25) is 0 Å². The quantitative estimate of drug-likeness (QED) is 0.927. The van der Waals surface area contributed by atoms with E-state index in [1.807, 2.05) is 0 Å². The number of rotatable bonds is 4. The normalized spacial score (nSPS) is 17.2. The molecule has 0 bridgehead atoms. The maximum Gasteiger partial charge on any atom is 0.419 e. The van der Waals surface area contributed by atoms with E-state index in [0.717, 1.165) is 6.07 Å². The first-order valence-corrected chi connectivity index (χ1v) is 6.65. The van der Waals surface area contributed by atoms with Gasteiger partial charge in [-0.1, -0.05) is 6.07 Å². The van der Waals surface area contributed by atoms with Crippen molar-refractivity contribution in [3.05, 3.63) is 29.3 Å². The summed E-state index contributed by atoms with van der Waals surface area (Å²) in [4.78, 5) is 0. The summed E-state index contributed by atoms with van der Waals surface area (Å²) in [5, 5.41) is 0. The van der Waals surface area contributed by atoms with Crippen LogP contribution in [0.3, 0.4) is 0 Å². The van der Waals surface area contributed by atoms with E-state index in [2.05, 4.69) is 0 Å². The van der Waals surface area contributed by atoms with Gasteiger partial charge in [-0.15, -0.1) is 0 Å². The van der Waals surface area contributed by atoms with E-state index in [0.29, 0.717) is 44.6 Å². The van der Waals surface area contributed by atoms with Crippen LogP contribution in [0.1, 0.15) is 24.0 Å². The van der Waals surface area contributed by atoms with Gasteiger partial charge in [0.25, 0.3) is 0 Å². The standard InChI is InChI=1S/C14H18F3NO2/c15-14(16,17)12-9-10(3-6-18)1-2-13(12)20-11-4-7-19-8-5-11/h1-2,9,11H,3-8,18H2. The molecule has 2 N–H and O–H groups in total. The summed E-state index contributed by atoms with van der Waals surface area (Å²) in [7, 11) is 0. The van der Waals surface area contributed by atoms with Crippen LogP contribution in [-0.2, 0) is 17.3 Å². The first kappa shape index (κ1) is 15.1. The van der Waals surface area contributed by atoms with E-state index in [-0.39, 0.29) is 11.9 Å². The molecule has 20 heavy (non-hydrogen) atoms. The molecule has 1 saturated heterocycles. The van der Waals surface area contributed by atoms with Gasteiger partial charge in [-0.05, 0) is 30.7 Å². The largest absolute Gasteiger partial charge is 0.490 e. The van der Waals surface area contributed by atoms with Gasteiger partial charge < -0.3 is 15.2 Å². The smallest absolute Gasteiger partial charge is 0.419 e. The van der Waals surface area contributed by atoms with Crippen molar-refractivity contribution in [2.24, 2.45) is 5.73 Å². The number of nitrogens with two attached hydrogens (primary N) is 1. The molecule has 0 unspecified atom stereocenters. The van der Waals surface area contributed by atoms with Crippen LogP contribution < -0.4 is 10.5 Å². The summed E-state index contributed by atoms with van der Waals surface area (Å²) in [6.07, 6.45) is -3.00. The monoisotopic (exact) mass is 289 g/mol. The molecule has 1 aliphatic heterocycles. The molecule has 1 aromatic carbocycles. The molecule has 0 amide bonds. The molecule has 1 aromatic rings. The van der Waals surface area contributed by atoms with Gasteiger partial charge >= 0.3 is 6.18 Å². The van der Waals surface area contributed by atoms with Gasteiger partial charge in [-0.25, -0.2) is 0 Å². The van der Waals surface area contributed by atoms with Crippen molar-refractivity contribution >= 4 is 0 Å². The van der Waals surface area contributed by atoms with Gasteiger partial charge in [0.2, 0.25) is 0 Å². The lowest BCUT2D eigenvalue weighted by Crippen LogP contribution is -2.27. The Kier molecular flexibility index (Phi) is 4.88. The lowest BCUT2D eigenvalue weighted by atomic mass is 10.1. The van der Waals surface area contributed by atoms with Gasteiger partial charge in [-0.2, -0.15) is 13.2 Å². The molecular formula is C14H18F3NO2. The first-order chi connectivity index (χ1) is 9.50. The Morgan fingerprint density at radius 3 is 2.55 bits per heavy atom. The second-order valence-corrected chi connectivity index (χ2v) is 4.80. The minimum atomic E-state index is -4.43. The Balaban J connectivity index is 2.21. The average molecular weight is 289 g/mol. The highest BCUT2D eigenvalue weighted by Crippen LogP contribution is 2.37. The maximum atomic E-state index is 13.1. The Labute approximate surface area is 115 Å². The van der Waals surface area contributed by atoms with Crippen molar-refractivity contribution in [3.8, 4) is 5.75 Å². The number of alkyl halides is 3. The number of halogens is 3. The van der Waals surface area contributed by atoms with E-state index in [9.17, 15) is 13.2 Å². The molecule has 6 heteroatoms. The molecule has 0 saturated carbocycles. The molecule has 0 radical (unpaired) electrons. The minimum absolute atomic E-state index is 0.106. The van der Waals surface area contributed by atoms with Crippen LogP contribution in [0.2, 0.25) is 0 Å². The molecule has 1 aliphatic rings. The summed E-state index contributed by atoms with van der Waals surface area (Å²) < 4.78 is 49.9. The third-order valence-corrected chi connectivity index (χ3v) is 3.24. The molecule has 0 aliphatic carbocycles. The summed E-state index contributed by atoms with van der Waals surface area (Å²) in [6.45, 7) is 1.37. The zero-order chi connectivity index (χ0) is 14.6. The van der Waals surface area contributed by atoms with E-state index >= 15 is 0 Å². The lowest BCUT2D eigenvalue weighted by molar-refractivity contribution is -0.139. The second kappa shape index (κ2) is 6.45. The number of hydrogen-bond donors (Lipinski definition) is 1. The zero-order valence-electron chi connectivity index (χ0n) is 11.1. The number of benzene rings is 1. The number of hydrogen-bond acceptors (Lipinski definition) is 3.